The first-order valence-electron chi connectivity index (χ1n) is 7.90. The maximum atomic E-state index is 12.5. The minimum atomic E-state index is -4.45. The maximum Gasteiger partial charge on any atom is 0.350 e. The van der Waals surface area contributed by atoms with E-state index in [4.69, 9.17) is 0 Å². The van der Waals surface area contributed by atoms with Crippen LogP contribution in [0.15, 0.2) is 4.99 Å². The van der Waals surface area contributed by atoms with Crippen LogP contribution in [-0.2, 0) is 10.0 Å². The summed E-state index contributed by atoms with van der Waals surface area (Å²) in [6.45, 7) is 9.65. The predicted molar refractivity (Wildman–Crippen MR) is 104 cm³/mol. The molecule has 144 valence electrons. The number of nitrogens with one attached hydrogen (secondary N) is 2. The van der Waals surface area contributed by atoms with Crippen LogP contribution in [0.5, 0.6) is 0 Å². The van der Waals surface area contributed by atoms with Crippen LogP contribution in [0.25, 0.3) is 0 Å². The zero-order valence-electron chi connectivity index (χ0n) is 14.7. The van der Waals surface area contributed by atoms with E-state index < -0.39 is 15.8 Å². The van der Waals surface area contributed by atoms with Gasteiger partial charge in [-0.2, -0.15) is 13.1 Å². The summed E-state index contributed by atoms with van der Waals surface area (Å²) >= 11 is 0. The average molecular weight is 482 g/mol. The highest BCUT2D eigenvalue weighted by Gasteiger charge is 2.34. The molecule has 10 heteroatoms. The number of piperidine rings is 1. The van der Waals surface area contributed by atoms with Crippen molar-refractivity contribution >= 4 is 40.0 Å². The number of hydrogen-bond acceptors (Lipinski definition) is 3. The van der Waals surface area contributed by atoms with Crippen molar-refractivity contribution in [3.63, 3.8) is 0 Å². The monoisotopic (exact) mass is 482 g/mol. The SMILES string of the molecule is CCNC(=NCC1CCN(S(=O)(=O)C(F)F)CC1)NC(C)(C)C.I. The molecule has 1 fully saturated rings. The van der Waals surface area contributed by atoms with E-state index in [0.29, 0.717) is 25.3 Å². The first kappa shape index (κ1) is 23.8. The highest BCUT2D eigenvalue weighted by molar-refractivity contribution is 14.0. The molecule has 0 aromatic rings. The Morgan fingerprint density at radius 2 is 1.83 bits per heavy atom. The van der Waals surface area contributed by atoms with Crippen molar-refractivity contribution in [2.75, 3.05) is 26.2 Å². The largest absolute Gasteiger partial charge is 0.357 e. The normalized spacial score (nSPS) is 18.4. The number of aliphatic imine (C=N–C) groups is 1. The average Bonchev–Trinajstić information content (AvgIpc) is 2.44. The molecule has 6 nitrogen and oxygen atoms in total. The van der Waals surface area contributed by atoms with Crippen molar-refractivity contribution in [3.8, 4) is 0 Å². The molecule has 1 aliphatic heterocycles. The fraction of sp³-hybridized carbons (Fsp3) is 0.929. The van der Waals surface area contributed by atoms with E-state index in [0.717, 1.165) is 10.8 Å². The van der Waals surface area contributed by atoms with Gasteiger partial charge in [0.05, 0.1) is 0 Å². The summed E-state index contributed by atoms with van der Waals surface area (Å²) < 4.78 is 48.8. The van der Waals surface area contributed by atoms with Crippen LogP contribution in [0, 0.1) is 5.92 Å². The summed E-state index contributed by atoms with van der Waals surface area (Å²) in [6, 6.07) is 0. The summed E-state index contributed by atoms with van der Waals surface area (Å²) in [7, 11) is -4.45. The quantitative estimate of drug-likeness (QED) is 0.358. The molecule has 0 aromatic carbocycles. The van der Waals surface area contributed by atoms with E-state index in [1.807, 2.05) is 27.7 Å². The van der Waals surface area contributed by atoms with E-state index >= 15 is 0 Å². The molecule has 1 rings (SSSR count). The molecule has 0 radical (unpaired) electrons. The lowest BCUT2D eigenvalue weighted by molar-refractivity contribution is 0.205. The van der Waals surface area contributed by atoms with Gasteiger partial charge in [0.2, 0.25) is 0 Å². The number of alkyl halides is 2. The lowest BCUT2D eigenvalue weighted by Gasteiger charge is -2.30. The third kappa shape index (κ3) is 7.77. The maximum absolute atomic E-state index is 12.5. The summed E-state index contributed by atoms with van der Waals surface area (Å²) in [5.41, 5.74) is -0.115. The van der Waals surface area contributed by atoms with Gasteiger partial charge >= 0.3 is 5.76 Å². The molecular weight excluding hydrogens is 453 g/mol. The number of guanidine groups is 1. The van der Waals surface area contributed by atoms with Gasteiger partial charge in [0.25, 0.3) is 10.0 Å². The zero-order chi connectivity index (χ0) is 17.7. The molecule has 0 spiro atoms. The standard InChI is InChI=1S/C14H28F2N4O2S.HI/c1-5-17-13(19-14(2,3)4)18-10-11-6-8-20(9-7-11)23(21,22)12(15)16;/h11-12H,5-10H2,1-4H3,(H2,17,18,19);1H. The van der Waals surface area contributed by atoms with Crippen LogP contribution >= 0.6 is 24.0 Å². The Morgan fingerprint density at radius 1 is 1.29 bits per heavy atom. The zero-order valence-corrected chi connectivity index (χ0v) is 17.8. The Morgan fingerprint density at radius 3 is 2.25 bits per heavy atom. The molecule has 0 atom stereocenters. The van der Waals surface area contributed by atoms with Crippen molar-refractivity contribution in [1.82, 2.24) is 14.9 Å². The van der Waals surface area contributed by atoms with Crippen molar-refractivity contribution in [2.24, 2.45) is 10.9 Å². The lowest BCUT2D eigenvalue weighted by Crippen LogP contribution is -2.48. The molecule has 0 aromatic heterocycles. The van der Waals surface area contributed by atoms with Crippen LogP contribution in [0.3, 0.4) is 0 Å². The van der Waals surface area contributed by atoms with Crippen molar-refractivity contribution in [3.05, 3.63) is 0 Å². The Hall–Kier alpha value is -0.230. The number of sulfonamides is 1. The van der Waals surface area contributed by atoms with Crippen LogP contribution in [0.1, 0.15) is 40.5 Å². The number of hydrogen-bond donors (Lipinski definition) is 2. The Bertz CT molecular complexity index is 501. The second-order valence-electron chi connectivity index (χ2n) is 6.74. The summed E-state index contributed by atoms with van der Waals surface area (Å²) in [5, 5.41) is 6.44. The van der Waals surface area contributed by atoms with E-state index in [1.165, 1.54) is 0 Å². The van der Waals surface area contributed by atoms with Gasteiger partial charge in [-0.25, -0.2) is 8.42 Å². The molecular formula is C14H29F2IN4O2S. The van der Waals surface area contributed by atoms with Gasteiger partial charge in [0.15, 0.2) is 5.96 Å². The predicted octanol–water partition coefficient (Wildman–Crippen LogP) is 2.22. The van der Waals surface area contributed by atoms with Crippen LogP contribution < -0.4 is 10.6 Å². The van der Waals surface area contributed by atoms with E-state index in [1.54, 1.807) is 0 Å². The molecule has 0 saturated carbocycles. The third-order valence-corrected chi connectivity index (χ3v) is 5.04. The first-order chi connectivity index (χ1) is 10.6. The Labute approximate surface area is 160 Å². The van der Waals surface area contributed by atoms with Gasteiger partial charge in [-0.05, 0) is 46.5 Å². The van der Waals surface area contributed by atoms with Gasteiger partial charge in [-0.15, -0.1) is 24.0 Å². The summed E-state index contributed by atoms with van der Waals surface area (Å²) in [5.74, 6) is -2.43. The van der Waals surface area contributed by atoms with Gasteiger partial charge < -0.3 is 10.6 Å². The van der Waals surface area contributed by atoms with Crippen LogP contribution in [0.2, 0.25) is 0 Å². The van der Waals surface area contributed by atoms with Crippen molar-refractivity contribution in [2.45, 2.75) is 51.8 Å². The van der Waals surface area contributed by atoms with Gasteiger partial charge in [0.1, 0.15) is 0 Å². The van der Waals surface area contributed by atoms with E-state index in [2.05, 4.69) is 15.6 Å². The van der Waals surface area contributed by atoms with Crippen molar-refractivity contribution < 1.29 is 17.2 Å². The minimum Gasteiger partial charge on any atom is -0.357 e. The van der Waals surface area contributed by atoms with E-state index in [-0.39, 0.29) is 48.5 Å². The highest BCUT2D eigenvalue weighted by atomic mass is 127. The molecule has 0 unspecified atom stereocenters. The third-order valence-electron chi connectivity index (χ3n) is 3.50. The molecule has 0 bridgehead atoms. The molecule has 2 N–H and O–H groups in total. The second kappa shape index (κ2) is 10.0. The van der Waals surface area contributed by atoms with Gasteiger partial charge in [0, 0.05) is 31.7 Å². The molecule has 24 heavy (non-hydrogen) atoms. The minimum absolute atomic E-state index is 0. The molecule has 1 aliphatic rings. The smallest absolute Gasteiger partial charge is 0.350 e. The van der Waals surface area contributed by atoms with Crippen molar-refractivity contribution in [1.29, 1.82) is 0 Å². The highest BCUT2D eigenvalue weighted by Crippen LogP contribution is 2.22. The fourth-order valence-electron chi connectivity index (χ4n) is 2.34. The fourth-order valence-corrected chi connectivity index (χ4v) is 3.29. The first-order valence-corrected chi connectivity index (χ1v) is 9.40. The number of rotatable bonds is 5. The number of halogens is 3. The van der Waals surface area contributed by atoms with Crippen LogP contribution in [-0.4, -0.2) is 56.2 Å². The molecule has 0 aliphatic carbocycles. The molecule has 0 amide bonds. The Balaban J connectivity index is 0.00000529. The number of nitrogens with zero attached hydrogens (tertiary/aromatic N) is 2. The van der Waals surface area contributed by atoms with Gasteiger partial charge in [-0.1, -0.05) is 0 Å². The Kier molecular flexibility index (Phi) is 9.95. The van der Waals surface area contributed by atoms with Crippen LogP contribution in [0.4, 0.5) is 8.78 Å². The summed E-state index contributed by atoms with van der Waals surface area (Å²) in [6.07, 6.45) is 1.09. The second-order valence-corrected chi connectivity index (χ2v) is 8.65. The molecule has 1 heterocycles. The van der Waals surface area contributed by atoms with E-state index in [9.17, 15) is 17.2 Å². The van der Waals surface area contributed by atoms with Gasteiger partial charge in [-0.3, -0.25) is 4.99 Å². The topological polar surface area (TPSA) is 73.8 Å². The lowest BCUT2D eigenvalue weighted by atomic mass is 9.98. The molecule has 1 saturated heterocycles. The summed E-state index contributed by atoms with van der Waals surface area (Å²) in [4.78, 5) is 4.52.